The number of benzene rings is 4. The number of nitrogens with one attached hydrogen (secondary N) is 2. The molecule has 77 heavy (non-hydrogen) atoms. The molecule has 6 N–H and O–H groups in total. The molecule has 404 valence electrons. The van der Waals surface area contributed by atoms with Crippen LogP contribution in [-0.2, 0) is 27.8 Å². The van der Waals surface area contributed by atoms with Gasteiger partial charge >= 0.3 is 0 Å². The molecule has 0 spiro atoms. The Hall–Kier alpha value is -6.32. The third-order valence-corrected chi connectivity index (χ3v) is 19.7. The number of phenolic OH excluding ortho intramolecular Hbond substituents is 1. The molecule has 0 aromatic heterocycles. The number of hydrogen-bond donors (Lipinski definition) is 6. The SMILES string of the molecule is CCNC1(Oc2cc(OC)c3c4c2[C@@H](O)Nc2cc5c(c(c2-4)CC3)[C@@H](O)[C@H](c2cc(OC)c(O)c(OC[C@H](CO)[C@@]34c6c7cccc6C=C[C@H]3CC[C@H](C3(N6C(=O)C=CC6=O)CCCCC3)[C@H]4C=C7)c2)CO5)CCCCC1. The van der Waals surface area contributed by atoms with Crippen molar-refractivity contribution in [2.75, 3.05) is 45.9 Å². The van der Waals surface area contributed by atoms with Crippen LogP contribution >= 0.6 is 0 Å². The molecule has 0 radical (unpaired) electrons. The Morgan fingerprint density at radius 2 is 1.51 bits per heavy atom. The highest BCUT2D eigenvalue weighted by Gasteiger charge is 2.64. The average Bonchev–Trinajstić information content (AvgIpc) is 3.89. The van der Waals surface area contributed by atoms with Crippen LogP contribution in [0.1, 0.15) is 147 Å². The first-order chi connectivity index (χ1) is 37.5. The first-order valence-electron chi connectivity index (χ1n) is 28.3. The minimum atomic E-state index is -1.07. The lowest BCUT2D eigenvalue weighted by Gasteiger charge is -2.63. The number of ether oxygens (including phenoxy) is 5. The molecule has 2 amide bonds. The van der Waals surface area contributed by atoms with Crippen LogP contribution in [0, 0.1) is 23.7 Å². The minimum absolute atomic E-state index is 0.0102. The van der Waals surface area contributed by atoms with Gasteiger partial charge in [0.25, 0.3) is 11.8 Å². The number of aliphatic hydroxyl groups excluding tert-OH is 3. The summed E-state index contributed by atoms with van der Waals surface area (Å²) < 4.78 is 32.4. The van der Waals surface area contributed by atoms with Crippen LogP contribution in [0.5, 0.6) is 34.5 Å². The number of amides is 2. The molecule has 8 atom stereocenters. The Kier molecular flexibility index (Phi) is 12.5. The second kappa shape index (κ2) is 19.2. The van der Waals surface area contributed by atoms with Crippen molar-refractivity contribution >= 4 is 29.7 Å². The van der Waals surface area contributed by atoms with E-state index in [2.05, 4.69) is 60.1 Å². The monoisotopic (exact) mass is 1050 g/mol. The average molecular weight is 1050 g/mol. The Morgan fingerprint density at radius 1 is 0.805 bits per heavy atom. The number of anilines is 1. The maximum Gasteiger partial charge on any atom is 0.254 e. The van der Waals surface area contributed by atoms with E-state index < -0.39 is 40.8 Å². The topological polar surface area (TPSA) is 189 Å². The molecule has 14 heteroatoms. The standard InChI is InChI=1S/C63H71N3O11/c1-4-64-62(26-9-6-10-27-62)77-48-31-46(73-2)40-18-19-41-53-45(65-60(72)56(48)55(40)53)30-47-54(41)58(70)42(34-76-47)37-28-49(74-3)59(71)50(29-37)75-33-39(32-67)63-38-16-14-35-12-11-13-36(57(35)63)15-20-44(63)43(21-17-38)61(24-7-5-8-25-61)66-51(68)22-23-52(66)69/h11-16,20,22-23,28-31,38-39,42-44,58,60,64-65,67,70-72H,4-10,17-19,21,24-27,32-34H2,1-3H3/t38-,39-,42-,43-,44+,58-,60+,63-/m0/s1. The second-order valence-electron chi connectivity index (χ2n) is 23.2. The van der Waals surface area contributed by atoms with Crippen molar-refractivity contribution in [3.8, 4) is 45.6 Å². The van der Waals surface area contributed by atoms with E-state index in [0.29, 0.717) is 52.5 Å². The Balaban J connectivity index is 0.856. The van der Waals surface area contributed by atoms with Gasteiger partial charge in [0.05, 0.1) is 51.2 Å². The number of aromatic hydroxyl groups is 1. The van der Waals surface area contributed by atoms with Gasteiger partial charge in [-0.05, 0) is 116 Å². The molecule has 6 aliphatic carbocycles. The summed E-state index contributed by atoms with van der Waals surface area (Å²) in [5.74, 6) is 0.0804. The van der Waals surface area contributed by atoms with Crippen molar-refractivity contribution in [1.29, 1.82) is 0 Å². The summed E-state index contributed by atoms with van der Waals surface area (Å²) in [6.45, 7) is 2.72. The molecule has 0 unspecified atom stereocenters. The molecular weight excluding hydrogens is 975 g/mol. The number of fused-ring (bicyclic) bond motifs is 2. The van der Waals surface area contributed by atoms with Crippen LogP contribution in [0.3, 0.4) is 0 Å². The van der Waals surface area contributed by atoms with Gasteiger partial charge in [-0.2, -0.15) is 0 Å². The van der Waals surface area contributed by atoms with E-state index in [1.807, 2.05) is 12.1 Å². The van der Waals surface area contributed by atoms with Crippen molar-refractivity contribution in [3.63, 3.8) is 0 Å². The Bertz CT molecular complexity index is 3130. The Morgan fingerprint density at radius 3 is 2.22 bits per heavy atom. The highest BCUT2D eigenvalue weighted by atomic mass is 16.5. The van der Waals surface area contributed by atoms with Gasteiger partial charge in [0.1, 0.15) is 17.2 Å². The second-order valence-corrected chi connectivity index (χ2v) is 23.2. The number of phenols is 1. The number of carbonyl (C=O) groups excluding carboxylic acids is 2. The van der Waals surface area contributed by atoms with Crippen LogP contribution in [0.4, 0.5) is 5.69 Å². The molecule has 9 aliphatic rings. The largest absolute Gasteiger partial charge is 0.502 e. The normalized spacial score (nSPS) is 27.9. The van der Waals surface area contributed by atoms with Gasteiger partial charge in [0, 0.05) is 82.3 Å². The van der Waals surface area contributed by atoms with Gasteiger partial charge in [-0.3, -0.25) is 19.8 Å². The number of aliphatic hydroxyl groups is 3. The summed E-state index contributed by atoms with van der Waals surface area (Å²) in [5.41, 5.74) is 7.68. The predicted molar refractivity (Wildman–Crippen MR) is 291 cm³/mol. The van der Waals surface area contributed by atoms with E-state index in [0.717, 1.165) is 123 Å². The van der Waals surface area contributed by atoms with Crippen molar-refractivity contribution < 1.29 is 53.7 Å². The van der Waals surface area contributed by atoms with Crippen LogP contribution < -0.4 is 34.3 Å². The number of rotatable bonds is 14. The summed E-state index contributed by atoms with van der Waals surface area (Å²) in [5, 5.41) is 55.6. The maximum absolute atomic E-state index is 13.8. The van der Waals surface area contributed by atoms with Gasteiger partial charge < -0.3 is 49.4 Å². The molecule has 3 fully saturated rings. The molecule has 13 rings (SSSR count). The summed E-state index contributed by atoms with van der Waals surface area (Å²) in [6.07, 6.45) is 21.8. The quantitative estimate of drug-likeness (QED) is 0.0518. The Labute approximate surface area is 450 Å². The lowest BCUT2D eigenvalue weighted by atomic mass is 9.43. The number of imide groups is 1. The van der Waals surface area contributed by atoms with E-state index in [1.165, 1.54) is 19.3 Å². The number of hydrogen-bond acceptors (Lipinski definition) is 13. The zero-order chi connectivity index (χ0) is 53.0. The fourth-order valence-corrected chi connectivity index (χ4v) is 16.6. The third kappa shape index (κ3) is 7.54. The fraction of sp³-hybridized carbons (Fsp3) is 0.492. The molecule has 4 aromatic rings. The molecule has 4 aromatic carbocycles. The number of carbonyl (C=O) groups is 2. The van der Waals surface area contributed by atoms with Crippen LogP contribution in [0.25, 0.3) is 23.3 Å². The van der Waals surface area contributed by atoms with Crippen molar-refractivity contribution in [2.45, 2.75) is 132 Å². The fourth-order valence-electron chi connectivity index (χ4n) is 16.6. The van der Waals surface area contributed by atoms with Gasteiger partial charge in [-0.15, -0.1) is 0 Å². The third-order valence-electron chi connectivity index (χ3n) is 19.7. The summed E-state index contributed by atoms with van der Waals surface area (Å²) in [4.78, 5) is 29.1. The molecule has 0 bridgehead atoms. The van der Waals surface area contributed by atoms with E-state index in [4.69, 9.17) is 23.7 Å². The van der Waals surface area contributed by atoms with Gasteiger partial charge in [0.2, 0.25) is 5.75 Å². The van der Waals surface area contributed by atoms with Crippen molar-refractivity contribution in [1.82, 2.24) is 10.2 Å². The van der Waals surface area contributed by atoms with Crippen LogP contribution in [-0.4, -0.2) is 89.0 Å². The van der Waals surface area contributed by atoms with E-state index in [9.17, 15) is 30.0 Å². The lowest BCUT2D eigenvalue weighted by molar-refractivity contribution is -0.154. The molecular formula is C63H71N3O11. The maximum atomic E-state index is 13.8. The van der Waals surface area contributed by atoms with Crippen molar-refractivity contribution in [2.24, 2.45) is 23.7 Å². The van der Waals surface area contributed by atoms with Crippen LogP contribution in [0.15, 0.2) is 66.8 Å². The van der Waals surface area contributed by atoms with E-state index >= 15 is 0 Å². The number of allylic oxidation sites excluding steroid dienone is 2. The summed E-state index contributed by atoms with van der Waals surface area (Å²) in [6, 6.07) is 13.6. The van der Waals surface area contributed by atoms with E-state index in [1.54, 1.807) is 24.1 Å². The molecule has 3 heterocycles. The summed E-state index contributed by atoms with van der Waals surface area (Å²) >= 11 is 0. The van der Waals surface area contributed by atoms with Gasteiger partial charge in [0.15, 0.2) is 23.5 Å². The zero-order valence-corrected chi connectivity index (χ0v) is 44.4. The molecule has 3 aliphatic heterocycles. The van der Waals surface area contributed by atoms with E-state index in [-0.39, 0.29) is 66.6 Å². The van der Waals surface area contributed by atoms with Gasteiger partial charge in [-0.25, -0.2) is 0 Å². The zero-order valence-electron chi connectivity index (χ0n) is 44.4. The summed E-state index contributed by atoms with van der Waals surface area (Å²) in [7, 11) is 3.16. The first-order valence-corrected chi connectivity index (χ1v) is 28.3. The number of nitrogens with zero attached hydrogens (tertiary/aromatic N) is 1. The molecule has 3 saturated carbocycles. The smallest absolute Gasteiger partial charge is 0.254 e. The highest BCUT2D eigenvalue weighted by Crippen LogP contribution is 2.65. The lowest BCUT2D eigenvalue weighted by Crippen LogP contribution is -2.66. The molecule has 14 nitrogen and oxygen atoms in total. The van der Waals surface area contributed by atoms with Crippen LogP contribution in [0.2, 0.25) is 0 Å². The minimum Gasteiger partial charge on any atom is -0.502 e. The van der Waals surface area contributed by atoms with Gasteiger partial charge in [-0.1, -0.05) is 75.1 Å². The first kappa shape index (κ1) is 50.2. The predicted octanol–water partition coefficient (Wildman–Crippen LogP) is 9.70. The van der Waals surface area contributed by atoms with Crippen molar-refractivity contribution in [3.05, 3.63) is 111 Å². The number of methoxy groups -OCH3 is 2. The molecule has 0 saturated heterocycles. The highest BCUT2D eigenvalue weighted by molar-refractivity contribution is 6.13.